The number of amides is 2. The number of nitrogens with one attached hydrogen (secondary N) is 2. The SMILES string of the molecule is CC1CCC(C(=O)NC(C)C(N)=O)CN1. The molecule has 4 N–H and O–H groups in total. The van der Waals surface area contributed by atoms with Gasteiger partial charge in [-0.05, 0) is 26.7 Å². The van der Waals surface area contributed by atoms with E-state index in [1.165, 1.54) is 0 Å². The molecule has 2 amide bonds. The van der Waals surface area contributed by atoms with Crippen molar-refractivity contribution < 1.29 is 9.59 Å². The maximum atomic E-state index is 11.7. The highest BCUT2D eigenvalue weighted by Crippen LogP contribution is 2.14. The van der Waals surface area contributed by atoms with Crippen molar-refractivity contribution >= 4 is 11.8 Å². The van der Waals surface area contributed by atoms with Crippen molar-refractivity contribution in [2.45, 2.75) is 38.8 Å². The zero-order chi connectivity index (χ0) is 11.4. The first kappa shape index (κ1) is 12.0. The van der Waals surface area contributed by atoms with Gasteiger partial charge in [0.05, 0.1) is 5.92 Å². The highest BCUT2D eigenvalue weighted by molar-refractivity contribution is 5.87. The van der Waals surface area contributed by atoms with Crippen LogP contribution in [0, 0.1) is 5.92 Å². The molecule has 0 bridgehead atoms. The topological polar surface area (TPSA) is 84.2 Å². The van der Waals surface area contributed by atoms with E-state index in [9.17, 15) is 9.59 Å². The Hall–Kier alpha value is -1.10. The molecule has 0 radical (unpaired) electrons. The summed E-state index contributed by atoms with van der Waals surface area (Å²) in [6, 6.07) is -0.112. The van der Waals surface area contributed by atoms with Gasteiger partial charge < -0.3 is 16.4 Å². The smallest absolute Gasteiger partial charge is 0.239 e. The Balaban J connectivity index is 2.37. The average Bonchev–Trinajstić information content (AvgIpc) is 2.18. The van der Waals surface area contributed by atoms with Crippen molar-refractivity contribution in [3.8, 4) is 0 Å². The maximum Gasteiger partial charge on any atom is 0.239 e. The van der Waals surface area contributed by atoms with Crippen LogP contribution < -0.4 is 16.4 Å². The van der Waals surface area contributed by atoms with E-state index in [0.717, 1.165) is 12.8 Å². The van der Waals surface area contributed by atoms with Gasteiger partial charge in [0.25, 0.3) is 0 Å². The molecule has 1 aliphatic rings. The molecule has 0 spiro atoms. The second-order valence-corrected chi connectivity index (χ2v) is 4.22. The minimum absolute atomic E-state index is 0.0389. The second-order valence-electron chi connectivity index (χ2n) is 4.22. The summed E-state index contributed by atoms with van der Waals surface area (Å²) >= 11 is 0. The maximum absolute atomic E-state index is 11.7. The molecule has 0 aromatic rings. The highest BCUT2D eigenvalue weighted by Gasteiger charge is 2.25. The van der Waals surface area contributed by atoms with Gasteiger partial charge in [-0.3, -0.25) is 9.59 Å². The first-order chi connectivity index (χ1) is 7.00. The standard InChI is InChI=1S/C10H19N3O2/c1-6-3-4-8(5-12-6)10(15)13-7(2)9(11)14/h6-8,12H,3-5H2,1-2H3,(H2,11,14)(H,13,15). The lowest BCUT2D eigenvalue weighted by atomic mass is 9.94. The van der Waals surface area contributed by atoms with Crippen molar-refractivity contribution in [2.24, 2.45) is 11.7 Å². The predicted molar refractivity (Wildman–Crippen MR) is 57.0 cm³/mol. The summed E-state index contributed by atoms with van der Waals surface area (Å²) in [6.45, 7) is 4.37. The number of hydrogen-bond donors (Lipinski definition) is 3. The predicted octanol–water partition coefficient (Wildman–Crippen LogP) is -0.635. The van der Waals surface area contributed by atoms with Crippen LogP contribution >= 0.6 is 0 Å². The molecule has 86 valence electrons. The zero-order valence-electron chi connectivity index (χ0n) is 9.25. The normalized spacial score (nSPS) is 28.1. The van der Waals surface area contributed by atoms with Crippen LogP contribution in [0.3, 0.4) is 0 Å². The summed E-state index contributed by atoms with van der Waals surface area (Å²) in [7, 11) is 0. The first-order valence-corrected chi connectivity index (χ1v) is 5.33. The second kappa shape index (κ2) is 5.11. The lowest BCUT2D eigenvalue weighted by molar-refractivity contribution is -0.130. The summed E-state index contributed by atoms with van der Waals surface area (Å²) in [5, 5.41) is 5.85. The number of primary amides is 1. The van der Waals surface area contributed by atoms with Crippen LogP contribution in [0.25, 0.3) is 0 Å². The van der Waals surface area contributed by atoms with Gasteiger partial charge in [0, 0.05) is 12.6 Å². The van der Waals surface area contributed by atoms with Crippen LogP contribution in [0.4, 0.5) is 0 Å². The van der Waals surface area contributed by atoms with Crippen molar-refractivity contribution in [3.63, 3.8) is 0 Å². The minimum Gasteiger partial charge on any atom is -0.368 e. The van der Waals surface area contributed by atoms with Crippen LogP contribution in [0.1, 0.15) is 26.7 Å². The Morgan fingerprint density at radius 3 is 2.60 bits per heavy atom. The molecule has 1 rings (SSSR count). The molecule has 5 heteroatoms. The van der Waals surface area contributed by atoms with Gasteiger partial charge >= 0.3 is 0 Å². The third-order valence-electron chi connectivity index (χ3n) is 2.82. The van der Waals surface area contributed by atoms with Crippen LogP contribution in [0.2, 0.25) is 0 Å². The molecule has 3 unspecified atom stereocenters. The number of rotatable bonds is 3. The van der Waals surface area contributed by atoms with Crippen molar-refractivity contribution in [1.29, 1.82) is 0 Å². The summed E-state index contributed by atoms with van der Waals surface area (Å²) in [4.78, 5) is 22.4. The molecule has 0 aliphatic carbocycles. The molecule has 0 saturated carbocycles. The molecule has 1 heterocycles. The van der Waals surface area contributed by atoms with Crippen LogP contribution in [-0.2, 0) is 9.59 Å². The largest absolute Gasteiger partial charge is 0.368 e. The number of nitrogens with two attached hydrogens (primary N) is 1. The van der Waals surface area contributed by atoms with Crippen LogP contribution in [0.15, 0.2) is 0 Å². The Labute approximate surface area is 89.8 Å². The fraction of sp³-hybridized carbons (Fsp3) is 0.800. The van der Waals surface area contributed by atoms with E-state index in [4.69, 9.17) is 5.73 Å². The first-order valence-electron chi connectivity index (χ1n) is 5.33. The minimum atomic E-state index is -0.586. The number of carbonyl (C=O) groups excluding carboxylic acids is 2. The molecule has 1 fully saturated rings. The van der Waals surface area contributed by atoms with E-state index < -0.39 is 11.9 Å². The lowest BCUT2D eigenvalue weighted by Crippen LogP contribution is -2.49. The average molecular weight is 213 g/mol. The number of piperidine rings is 1. The van der Waals surface area contributed by atoms with Gasteiger partial charge in [0.1, 0.15) is 6.04 Å². The van der Waals surface area contributed by atoms with Gasteiger partial charge in [-0.2, -0.15) is 0 Å². The summed E-state index contributed by atoms with van der Waals surface area (Å²) < 4.78 is 0. The van der Waals surface area contributed by atoms with Gasteiger partial charge in [0.15, 0.2) is 0 Å². The third-order valence-corrected chi connectivity index (χ3v) is 2.82. The fourth-order valence-corrected chi connectivity index (χ4v) is 1.62. The van der Waals surface area contributed by atoms with E-state index >= 15 is 0 Å². The van der Waals surface area contributed by atoms with Gasteiger partial charge in [-0.1, -0.05) is 0 Å². The third kappa shape index (κ3) is 3.51. The zero-order valence-corrected chi connectivity index (χ0v) is 9.25. The monoisotopic (exact) mass is 213 g/mol. The molecular weight excluding hydrogens is 194 g/mol. The Morgan fingerprint density at radius 1 is 1.47 bits per heavy atom. The molecule has 3 atom stereocenters. The van der Waals surface area contributed by atoms with Crippen molar-refractivity contribution in [3.05, 3.63) is 0 Å². The molecule has 1 aliphatic heterocycles. The molecule has 0 aromatic carbocycles. The van der Waals surface area contributed by atoms with Gasteiger partial charge in [0.2, 0.25) is 11.8 Å². The lowest BCUT2D eigenvalue weighted by Gasteiger charge is -2.27. The Kier molecular flexibility index (Phi) is 4.08. The molecule has 5 nitrogen and oxygen atoms in total. The summed E-state index contributed by atoms with van der Waals surface area (Å²) in [5.41, 5.74) is 5.07. The summed E-state index contributed by atoms with van der Waals surface area (Å²) in [5.74, 6) is -0.621. The van der Waals surface area contributed by atoms with Crippen LogP contribution in [0.5, 0.6) is 0 Å². The van der Waals surface area contributed by atoms with Crippen molar-refractivity contribution in [1.82, 2.24) is 10.6 Å². The number of carbonyl (C=O) groups is 2. The van der Waals surface area contributed by atoms with Crippen LogP contribution in [-0.4, -0.2) is 30.4 Å². The highest BCUT2D eigenvalue weighted by atomic mass is 16.2. The van der Waals surface area contributed by atoms with Crippen molar-refractivity contribution in [2.75, 3.05) is 6.54 Å². The molecule has 0 aromatic heterocycles. The fourth-order valence-electron chi connectivity index (χ4n) is 1.62. The summed E-state index contributed by atoms with van der Waals surface area (Å²) in [6.07, 6.45) is 1.86. The Morgan fingerprint density at radius 2 is 2.13 bits per heavy atom. The van der Waals surface area contributed by atoms with E-state index in [-0.39, 0.29) is 11.8 Å². The quantitative estimate of drug-likeness (QED) is 0.583. The van der Waals surface area contributed by atoms with Gasteiger partial charge in [-0.15, -0.1) is 0 Å². The van der Waals surface area contributed by atoms with E-state index in [1.807, 2.05) is 0 Å². The Bertz CT molecular complexity index is 247. The number of hydrogen-bond acceptors (Lipinski definition) is 3. The molecule has 15 heavy (non-hydrogen) atoms. The van der Waals surface area contributed by atoms with Gasteiger partial charge in [-0.25, -0.2) is 0 Å². The van der Waals surface area contributed by atoms with E-state index in [1.54, 1.807) is 6.92 Å². The van der Waals surface area contributed by atoms with E-state index in [2.05, 4.69) is 17.6 Å². The molecule has 1 saturated heterocycles. The molecular formula is C10H19N3O2. The van der Waals surface area contributed by atoms with E-state index in [0.29, 0.717) is 12.6 Å².